The summed E-state index contributed by atoms with van der Waals surface area (Å²) in [4.78, 5) is 28.1. The van der Waals surface area contributed by atoms with Crippen LogP contribution < -0.4 is 16.2 Å². The van der Waals surface area contributed by atoms with Gasteiger partial charge >= 0.3 is 0 Å². The van der Waals surface area contributed by atoms with Crippen LogP contribution in [0, 0.1) is 0 Å². The number of carbonyl (C=O) groups excluding carboxylic acids is 1. The lowest BCUT2D eigenvalue weighted by atomic mass is 10.0. The maximum Gasteiger partial charge on any atom is 0.269 e. The Morgan fingerprint density at radius 2 is 2.14 bits per heavy atom. The van der Waals surface area contributed by atoms with Crippen LogP contribution in [0.5, 0.6) is 5.88 Å². The van der Waals surface area contributed by atoms with E-state index in [-0.39, 0.29) is 11.4 Å². The quantitative estimate of drug-likeness (QED) is 0.730. The summed E-state index contributed by atoms with van der Waals surface area (Å²) in [6.07, 6.45) is 4.49. The van der Waals surface area contributed by atoms with E-state index in [1.54, 1.807) is 18.3 Å². The summed E-state index contributed by atoms with van der Waals surface area (Å²) < 4.78 is 5.23. The number of fused-ring (bicyclic) bond motifs is 1. The molecule has 0 unspecified atom stereocenters. The van der Waals surface area contributed by atoms with E-state index >= 15 is 0 Å². The molecule has 22 heavy (non-hydrogen) atoms. The molecular formula is C14H12N6O2. The molecule has 0 bridgehead atoms. The zero-order valence-corrected chi connectivity index (χ0v) is 11.6. The maximum atomic E-state index is 11.6. The Balaban J connectivity index is 2.46. The van der Waals surface area contributed by atoms with Crippen LogP contribution in [0.2, 0.25) is 0 Å². The minimum absolute atomic E-state index is 0.0265. The van der Waals surface area contributed by atoms with E-state index in [1.165, 1.54) is 19.6 Å². The molecule has 110 valence electrons. The number of hydrogen-bond acceptors (Lipinski definition) is 7. The van der Waals surface area contributed by atoms with Crippen LogP contribution in [0.15, 0.2) is 30.9 Å². The predicted molar refractivity (Wildman–Crippen MR) is 80.0 cm³/mol. The van der Waals surface area contributed by atoms with Crippen molar-refractivity contribution in [3.63, 3.8) is 0 Å². The van der Waals surface area contributed by atoms with Gasteiger partial charge in [0.05, 0.1) is 29.4 Å². The van der Waals surface area contributed by atoms with Crippen LogP contribution >= 0.6 is 0 Å². The Hall–Kier alpha value is -3.29. The number of anilines is 1. The van der Waals surface area contributed by atoms with Crippen LogP contribution in [0.1, 0.15) is 10.5 Å². The van der Waals surface area contributed by atoms with Gasteiger partial charge in [-0.15, -0.1) is 0 Å². The van der Waals surface area contributed by atoms with Crippen molar-refractivity contribution in [2.75, 3.05) is 12.8 Å². The van der Waals surface area contributed by atoms with Crippen molar-refractivity contribution in [1.29, 1.82) is 0 Å². The molecular weight excluding hydrogens is 284 g/mol. The summed E-state index contributed by atoms with van der Waals surface area (Å²) in [5.74, 6) is -0.407. The van der Waals surface area contributed by atoms with Crippen molar-refractivity contribution in [2.24, 2.45) is 5.73 Å². The molecule has 0 aliphatic heterocycles. The summed E-state index contributed by atoms with van der Waals surface area (Å²) in [6.45, 7) is 0. The van der Waals surface area contributed by atoms with Crippen LogP contribution in [-0.2, 0) is 0 Å². The molecule has 3 aromatic rings. The number of aromatic nitrogens is 4. The smallest absolute Gasteiger partial charge is 0.269 e. The molecule has 0 radical (unpaired) electrons. The second-order valence-corrected chi connectivity index (χ2v) is 4.43. The second-order valence-electron chi connectivity index (χ2n) is 4.43. The highest BCUT2D eigenvalue weighted by Gasteiger charge is 2.21. The summed E-state index contributed by atoms with van der Waals surface area (Å²) in [7, 11) is 1.48. The predicted octanol–water partition coefficient (Wildman–Crippen LogP) is 0.776. The summed E-state index contributed by atoms with van der Waals surface area (Å²) >= 11 is 0. The van der Waals surface area contributed by atoms with Crippen LogP contribution in [0.25, 0.3) is 22.2 Å². The number of hydrogen-bond donors (Lipinski definition) is 2. The van der Waals surface area contributed by atoms with Crippen LogP contribution in [-0.4, -0.2) is 33.0 Å². The fourth-order valence-corrected chi connectivity index (χ4v) is 2.22. The molecule has 4 N–H and O–H groups in total. The Labute approximate surface area is 125 Å². The van der Waals surface area contributed by atoms with Gasteiger partial charge in [-0.1, -0.05) is 0 Å². The first-order valence-corrected chi connectivity index (χ1v) is 6.32. The number of nitrogens with two attached hydrogens (primary N) is 2. The molecule has 1 amide bonds. The summed E-state index contributed by atoms with van der Waals surface area (Å²) in [5.41, 5.74) is 13.5. The number of ether oxygens (including phenoxy) is 1. The number of rotatable bonds is 3. The summed E-state index contributed by atoms with van der Waals surface area (Å²) in [5, 5.41) is 0. The molecule has 0 atom stereocenters. The molecule has 0 saturated carbocycles. The van der Waals surface area contributed by atoms with Crippen molar-refractivity contribution >= 4 is 22.6 Å². The largest absolute Gasteiger partial charge is 0.480 e. The van der Waals surface area contributed by atoms with E-state index in [4.69, 9.17) is 16.2 Å². The average Bonchev–Trinajstić information content (AvgIpc) is 2.54. The SMILES string of the molecule is COc1ncncc1-c1c(N)c(C(N)=O)nc2cccnc12. The second kappa shape index (κ2) is 5.24. The third kappa shape index (κ3) is 2.06. The van der Waals surface area contributed by atoms with E-state index in [2.05, 4.69) is 19.9 Å². The van der Waals surface area contributed by atoms with Crippen LogP contribution in [0.3, 0.4) is 0 Å². The van der Waals surface area contributed by atoms with E-state index in [1.807, 2.05) is 0 Å². The fourth-order valence-electron chi connectivity index (χ4n) is 2.22. The molecule has 3 aromatic heterocycles. The average molecular weight is 296 g/mol. The van der Waals surface area contributed by atoms with Gasteiger partial charge in [-0.05, 0) is 12.1 Å². The van der Waals surface area contributed by atoms with Crippen molar-refractivity contribution in [3.05, 3.63) is 36.5 Å². The standard InChI is InChI=1S/C14H12N6O2/c1-22-14-7(5-17-6-19-14)9-10(15)12(13(16)21)20-8-3-2-4-18-11(8)9/h2-6H,15H2,1H3,(H2,16,21). The lowest BCUT2D eigenvalue weighted by molar-refractivity contribution is 0.0997. The van der Waals surface area contributed by atoms with Gasteiger partial charge in [0.1, 0.15) is 6.33 Å². The fraction of sp³-hybridized carbons (Fsp3) is 0.0714. The normalized spacial score (nSPS) is 10.6. The van der Waals surface area contributed by atoms with Crippen molar-refractivity contribution in [2.45, 2.75) is 0 Å². The van der Waals surface area contributed by atoms with E-state index in [0.717, 1.165) is 0 Å². The molecule has 3 rings (SSSR count). The third-order valence-corrected chi connectivity index (χ3v) is 3.15. The number of primary amides is 1. The Morgan fingerprint density at radius 3 is 2.86 bits per heavy atom. The number of methoxy groups -OCH3 is 1. The van der Waals surface area contributed by atoms with Crippen molar-refractivity contribution < 1.29 is 9.53 Å². The van der Waals surface area contributed by atoms with Crippen molar-refractivity contribution in [1.82, 2.24) is 19.9 Å². The Kier molecular flexibility index (Phi) is 3.26. The maximum absolute atomic E-state index is 11.6. The minimum atomic E-state index is -0.722. The van der Waals surface area contributed by atoms with Gasteiger partial charge in [-0.25, -0.2) is 15.0 Å². The molecule has 8 heteroatoms. The molecule has 0 aromatic carbocycles. The number of pyridine rings is 2. The van der Waals surface area contributed by atoms with Gasteiger partial charge in [-0.3, -0.25) is 9.78 Å². The molecule has 0 spiro atoms. The topological polar surface area (TPSA) is 130 Å². The number of nitrogens with zero attached hydrogens (tertiary/aromatic N) is 4. The molecule has 8 nitrogen and oxygen atoms in total. The van der Waals surface area contributed by atoms with E-state index < -0.39 is 5.91 Å². The number of carbonyl (C=O) groups is 1. The van der Waals surface area contributed by atoms with Crippen LogP contribution in [0.4, 0.5) is 5.69 Å². The summed E-state index contributed by atoms with van der Waals surface area (Å²) in [6, 6.07) is 3.42. The number of amides is 1. The highest BCUT2D eigenvalue weighted by molar-refractivity contribution is 6.07. The van der Waals surface area contributed by atoms with Gasteiger partial charge < -0.3 is 16.2 Å². The van der Waals surface area contributed by atoms with Crippen molar-refractivity contribution in [3.8, 4) is 17.0 Å². The van der Waals surface area contributed by atoms with Gasteiger partial charge in [0.15, 0.2) is 5.69 Å². The highest BCUT2D eigenvalue weighted by Crippen LogP contribution is 2.37. The van der Waals surface area contributed by atoms with Gasteiger partial charge in [0.2, 0.25) is 5.88 Å². The first kappa shape index (κ1) is 13.7. The van der Waals surface area contributed by atoms with Gasteiger partial charge in [0.25, 0.3) is 5.91 Å². The molecule has 0 aliphatic rings. The van der Waals surface area contributed by atoms with E-state index in [0.29, 0.717) is 28.0 Å². The zero-order chi connectivity index (χ0) is 15.7. The monoisotopic (exact) mass is 296 g/mol. The molecule has 0 saturated heterocycles. The minimum Gasteiger partial charge on any atom is -0.480 e. The lowest BCUT2D eigenvalue weighted by Crippen LogP contribution is -2.17. The third-order valence-electron chi connectivity index (χ3n) is 3.15. The van der Waals surface area contributed by atoms with E-state index in [9.17, 15) is 4.79 Å². The number of nitrogen functional groups attached to an aromatic ring is 1. The van der Waals surface area contributed by atoms with Gasteiger partial charge in [0, 0.05) is 18.0 Å². The zero-order valence-electron chi connectivity index (χ0n) is 11.6. The Bertz CT molecular complexity index is 880. The lowest BCUT2D eigenvalue weighted by Gasteiger charge is -2.13. The van der Waals surface area contributed by atoms with Gasteiger partial charge in [-0.2, -0.15) is 0 Å². The first-order valence-electron chi connectivity index (χ1n) is 6.32. The molecule has 0 aliphatic carbocycles. The Morgan fingerprint density at radius 1 is 1.32 bits per heavy atom. The highest BCUT2D eigenvalue weighted by atomic mass is 16.5. The first-order chi connectivity index (χ1) is 10.6. The molecule has 3 heterocycles. The molecule has 0 fully saturated rings.